The summed E-state index contributed by atoms with van der Waals surface area (Å²) < 4.78 is 16.5. The normalized spacial score (nSPS) is 11.5. The molecule has 0 aliphatic rings. The smallest absolute Gasteiger partial charge is 0.248 e. The van der Waals surface area contributed by atoms with E-state index in [0.29, 0.717) is 34.2 Å². The molecule has 0 aliphatic heterocycles. The van der Waals surface area contributed by atoms with Crippen LogP contribution in [0, 0.1) is 12.7 Å². The largest absolute Gasteiger partial charge is 0.366 e. The minimum atomic E-state index is -0.524. The van der Waals surface area contributed by atoms with Gasteiger partial charge < -0.3 is 10.7 Å². The fourth-order valence-electron chi connectivity index (χ4n) is 3.10. The Hall–Kier alpha value is -3.22. The second-order valence-electron chi connectivity index (χ2n) is 5.95. The van der Waals surface area contributed by atoms with E-state index >= 15 is 0 Å². The van der Waals surface area contributed by atoms with Crippen molar-refractivity contribution in [2.24, 2.45) is 5.73 Å². The Morgan fingerprint density at radius 2 is 2.08 bits per heavy atom. The van der Waals surface area contributed by atoms with Crippen LogP contribution < -0.4 is 5.73 Å². The van der Waals surface area contributed by atoms with E-state index in [0.717, 1.165) is 11.2 Å². The van der Waals surface area contributed by atoms with Crippen molar-refractivity contribution in [2.45, 2.75) is 20.4 Å². The highest BCUT2D eigenvalue weighted by atomic mass is 19.1. The number of carbonyl (C=O) groups excluding carboxylic acids is 1. The van der Waals surface area contributed by atoms with E-state index in [1.807, 2.05) is 19.9 Å². The summed E-state index contributed by atoms with van der Waals surface area (Å²) in [5.41, 5.74) is 8.71. The van der Waals surface area contributed by atoms with E-state index in [1.54, 1.807) is 22.9 Å². The average Bonchev–Trinajstić information content (AvgIpc) is 3.13. The molecule has 4 rings (SSSR count). The molecule has 1 aromatic carbocycles. The molecule has 0 spiro atoms. The minimum absolute atomic E-state index is 0.247. The van der Waals surface area contributed by atoms with Crippen molar-refractivity contribution in [3.8, 4) is 11.4 Å². The number of aromatic nitrogens is 4. The summed E-state index contributed by atoms with van der Waals surface area (Å²) in [6.07, 6.45) is 0. The van der Waals surface area contributed by atoms with Gasteiger partial charge in [0.15, 0.2) is 5.82 Å². The lowest BCUT2D eigenvalue weighted by Crippen LogP contribution is -2.10. The molecule has 0 saturated carbocycles. The van der Waals surface area contributed by atoms with E-state index < -0.39 is 11.7 Å². The van der Waals surface area contributed by atoms with Gasteiger partial charge in [0.25, 0.3) is 0 Å². The quantitative estimate of drug-likeness (QED) is 0.602. The van der Waals surface area contributed by atoms with Crippen LogP contribution in [-0.4, -0.2) is 25.7 Å². The third kappa shape index (κ3) is 2.36. The van der Waals surface area contributed by atoms with Crippen molar-refractivity contribution in [2.75, 3.05) is 0 Å². The van der Waals surface area contributed by atoms with Crippen LogP contribution in [0.5, 0.6) is 0 Å². The number of nitrogens with one attached hydrogen (secondary N) is 1. The zero-order valence-corrected chi connectivity index (χ0v) is 13.8. The molecule has 3 heterocycles. The Bertz CT molecular complexity index is 1140. The molecule has 0 radical (unpaired) electrons. The van der Waals surface area contributed by atoms with Gasteiger partial charge in [-0.1, -0.05) is 0 Å². The van der Waals surface area contributed by atoms with Crippen molar-refractivity contribution < 1.29 is 9.18 Å². The Labute approximate surface area is 142 Å². The number of fused-ring (bicyclic) bond motifs is 3. The SMILES string of the molecule is CCn1nc(C)cc1-c1nc2[nH]c3ccc(C(N)=O)cc3c2cc1F. The predicted octanol–water partition coefficient (Wildman–Crippen LogP) is 3.15. The molecule has 126 valence electrons. The van der Waals surface area contributed by atoms with Crippen molar-refractivity contribution in [1.82, 2.24) is 19.7 Å². The van der Waals surface area contributed by atoms with E-state index in [-0.39, 0.29) is 5.69 Å². The average molecular weight is 337 g/mol. The highest BCUT2D eigenvalue weighted by molar-refractivity contribution is 6.09. The number of nitrogens with zero attached hydrogens (tertiary/aromatic N) is 3. The van der Waals surface area contributed by atoms with Crippen LogP contribution in [0.2, 0.25) is 0 Å². The van der Waals surface area contributed by atoms with Crippen molar-refractivity contribution in [1.29, 1.82) is 0 Å². The lowest BCUT2D eigenvalue weighted by molar-refractivity contribution is 0.100. The Morgan fingerprint density at radius 1 is 1.28 bits per heavy atom. The monoisotopic (exact) mass is 337 g/mol. The van der Waals surface area contributed by atoms with E-state index in [4.69, 9.17) is 5.73 Å². The summed E-state index contributed by atoms with van der Waals surface area (Å²) in [5, 5.41) is 5.67. The number of benzene rings is 1. The van der Waals surface area contributed by atoms with Crippen LogP contribution in [0.25, 0.3) is 33.3 Å². The number of carbonyl (C=O) groups is 1. The molecule has 4 aromatic rings. The third-order valence-corrected chi connectivity index (χ3v) is 4.27. The predicted molar refractivity (Wildman–Crippen MR) is 93.7 cm³/mol. The second-order valence-corrected chi connectivity index (χ2v) is 5.95. The van der Waals surface area contributed by atoms with Gasteiger partial charge in [0, 0.05) is 28.4 Å². The van der Waals surface area contributed by atoms with Gasteiger partial charge >= 0.3 is 0 Å². The topological polar surface area (TPSA) is 89.6 Å². The van der Waals surface area contributed by atoms with Crippen LogP contribution in [0.15, 0.2) is 30.3 Å². The summed E-state index contributed by atoms with van der Waals surface area (Å²) in [5.74, 6) is -0.962. The van der Waals surface area contributed by atoms with Crippen molar-refractivity contribution in [3.05, 3.63) is 47.4 Å². The summed E-state index contributed by atoms with van der Waals surface area (Å²) in [6.45, 7) is 4.43. The van der Waals surface area contributed by atoms with Gasteiger partial charge in [-0.2, -0.15) is 5.10 Å². The summed E-state index contributed by atoms with van der Waals surface area (Å²) in [6, 6.07) is 8.28. The first kappa shape index (κ1) is 15.3. The standard InChI is InChI=1S/C18H16FN5O/c1-3-24-15(6-9(2)23-24)16-13(19)8-12-11-7-10(17(20)25)4-5-14(11)21-18(12)22-16/h4-8H,3H2,1-2H3,(H2,20,25)(H,21,22). The number of aromatic amines is 1. The maximum absolute atomic E-state index is 14.8. The molecule has 6 nitrogen and oxygen atoms in total. The number of hydrogen-bond acceptors (Lipinski definition) is 3. The Kier molecular flexibility index (Phi) is 3.31. The van der Waals surface area contributed by atoms with Gasteiger partial charge in [-0.25, -0.2) is 9.37 Å². The first-order valence-electron chi connectivity index (χ1n) is 7.94. The summed E-state index contributed by atoms with van der Waals surface area (Å²) >= 11 is 0. The third-order valence-electron chi connectivity index (χ3n) is 4.27. The van der Waals surface area contributed by atoms with E-state index in [1.165, 1.54) is 6.07 Å². The maximum Gasteiger partial charge on any atom is 0.248 e. The number of amides is 1. The van der Waals surface area contributed by atoms with Crippen LogP contribution in [0.4, 0.5) is 4.39 Å². The van der Waals surface area contributed by atoms with E-state index in [9.17, 15) is 9.18 Å². The lowest BCUT2D eigenvalue weighted by Gasteiger charge is -2.05. The molecule has 0 atom stereocenters. The molecule has 0 saturated heterocycles. The van der Waals surface area contributed by atoms with Crippen LogP contribution in [0.3, 0.4) is 0 Å². The second kappa shape index (κ2) is 5.41. The highest BCUT2D eigenvalue weighted by Gasteiger charge is 2.17. The molecule has 0 fully saturated rings. The Morgan fingerprint density at radius 3 is 2.80 bits per heavy atom. The number of halogens is 1. The zero-order chi connectivity index (χ0) is 17.7. The number of H-pyrrole nitrogens is 1. The minimum Gasteiger partial charge on any atom is -0.366 e. The Balaban J connectivity index is 1.98. The molecule has 1 amide bonds. The number of primary amides is 1. The molecule has 25 heavy (non-hydrogen) atoms. The number of pyridine rings is 1. The molecular weight excluding hydrogens is 321 g/mol. The number of rotatable bonds is 3. The lowest BCUT2D eigenvalue weighted by atomic mass is 10.1. The molecular formula is C18H16FN5O. The van der Waals surface area contributed by atoms with Gasteiger partial charge in [-0.15, -0.1) is 0 Å². The van der Waals surface area contributed by atoms with Gasteiger partial charge in [-0.05, 0) is 44.2 Å². The summed E-state index contributed by atoms with van der Waals surface area (Å²) in [4.78, 5) is 19.0. The van der Waals surface area contributed by atoms with E-state index in [2.05, 4.69) is 15.1 Å². The number of nitrogens with two attached hydrogens (primary N) is 1. The molecule has 0 aliphatic carbocycles. The summed E-state index contributed by atoms with van der Waals surface area (Å²) in [7, 11) is 0. The fraction of sp³-hybridized carbons (Fsp3) is 0.167. The first-order chi connectivity index (χ1) is 12.0. The molecule has 3 N–H and O–H groups in total. The maximum atomic E-state index is 14.8. The first-order valence-corrected chi connectivity index (χ1v) is 7.94. The van der Waals surface area contributed by atoms with Crippen molar-refractivity contribution >= 4 is 27.8 Å². The number of aryl methyl sites for hydroxylation is 2. The van der Waals surface area contributed by atoms with Crippen molar-refractivity contribution in [3.63, 3.8) is 0 Å². The van der Waals surface area contributed by atoms with Gasteiger partial charge in [-0.3, -0.25) is 9.48 Å². The zero-order valence-electron chi connectivity index (χ0n) is 13.8. The van der Waals surface area contributed by atoms with Crippen LogP contribution in [0.1, 0.15) is 23.0 Å². The highest BCUT2D eigenvalue weighted by Crippen LogP contribution is 2.30. The van der Waals surface area contributed by atoms with Crippen LogP contribution >= 0.6 is 0 Å². The van der Waals surface area contributed by atoms with Gasteiger partial charge in [0.05, 0.1) is 11.4 Å². The fourth-order valence-corrected chi connectivity index (χ4v) is 3.10. The molecule has 7 heteroatoms. The van der Waals surface area contributed by atoms with Gasteiger partial charge in [0.2, 0.25) is 5.91 Å². The molecule has 3 aromatic heterocycles. The van der Waals surface area contributed by atoms with Gasteiger partial charge in [0.1, 0.15) is 11.3 Å². The van der Waals surface area contributed by atoms with Crippen LogP contribution in [-0.2, 0) is 6.54 Å². The molecule has 0 unspecified atom stereocenters. The number of hydrogen-bond donors (Lipinski definition) is 2. The molecule has 0 bridgehead atoms.